The first kappa shape index (κ1) is 32.0. The van der Waals surface area contributed by atoms with E-state index in [9.17, 15) is 14.4 Å². The van der Waals surface area contributed by atoms with E-state index in [1.807, 2.05) is 36.9 Å². The number of piperidine rings is 1. The van der Waals surface area contributed by atoms with Gasteiger partial charge in [0.15, 0.2) is 12.4 Å². The van der Waals surface area contributed by atoms with E-state index in [4.69, 9.17) is 26.1 Å². The number of likely N-dealkylation sites (tertiary alicyclic amines) is 1. The van der Waals surface area contributed by atoms with Gasteiger partial charge < -0.3 is 18.9 Å². The molecule has 2 aromatic heterocycles. The Morgan fingerprint density at radius 3 is 2.51 bits per heavy atom. The highest BCUT2D eigenvalue weighted by Crippen LogP contribution is 2.29. The van der Waals surface area contributed by atoms with Gasteiger partial charge in [0.05, 0.1) is 35.6 Å². The van der Waals surface area contributed by atoms with Crippen LogP contribution in [0.1, 0.15) is 42.9 Å². The number of imidazole rings is 1. The fourth-order valence-electron chi connectivity index (χ4n) is 5.83. The number of ketones is 1. The van der Waals surface area contributed by atoms with Crippen LogP contribution in [-0.2, 0) is 17.8 Å². The predicted molar refractivity (Wildman–Crippen MR) is 180 cm³/mol. The maximum atomic E-state index is 14.2. The number of halogens is 1. The van der Waals surface area contributed by atoms with E-state index in [1.54, 1.807) is 76.4 Å². The van der Waals surface area contributed by atoms with Crippen molar-refractivity contribution >= 4 is 34.2 Å². The van der Waals surface area contributed by atoms with Crippen molar-refractivity contribution in [1.82, 2.24) is 24.0 Å². The van der Waals surface area contributed by atoms with E-state index in [-0.39, 0.29) is 42.4 Å². The third-order valence-electron chi connectivity index (χ3n) is 8.23. The van der Waals surface area contributed by atoms with Gasteiger partial charge >= 0.3 is 0 Å². The molecule has 1 aliphatic heterocycles. The summed E-state index contributed by atoms with van der Waals surface area (Å²) in [6.45, 7) is 5.05. The maximum absolute atomic E-state index is 14.2. The molecule has 0 spiro atoms. The second-order valence-corrected chi connectivity index (χ2v) is 12.4. The molecule has 10 nitrogen and oxygen atoms in total. The summed E-state index contributed by atoms with van der Waals surface area (Å²) >= 11 is 5.94. The molecular formula is C36H36ClN5O5. The highest BCUT2D eigenvalue weighted by molar-refractivity contribution is 6.30. The van der Waals surface area contributed by atoms with E-state index in [2.05, 4.69) is 4.98 Å². The summed E-state index contributed by atoms with van der Waals surface area (Å²) < 4.78 is 15.2. The number of carbonyl (C=O) groups is 2. The molecule has 0 atom stereocenters. The third-order valence-corrected chi connectivity index (χ3v) is 8.48. The minimum atomic E-state index is -0.231. The van der Waals surface area contributed by atoms with E-state index >= 15 is 0 Å². The molecule has 0 aliphatic carbocycles. The van der Waals surface area contributed by atoms with Gasteiger partial charge in [-0.1, -0.05) is 23.7 Å². The number of benzene rings is 3. The van der Waals surface area contributed by atoms with Gasteiger partial charge in [0.2, 0.25) is 0 Å². The zero-order valence-electron chi connectivity index (χ0n) is 26.3. The number of fused-ring (bicyclic) bond motifs is 1. The zero-order valence-corrected chi connectivity index (χ0v) is 27.1. The number of ether oxygens (including phenoxy) is 2. The molecule has 1 saturated heterocycles. The standard InChI is InChI=1S/C36H36ClN5O5/c1-24(2)47-33-12-7-26(32(43)21-40-18-15-38-23-40)20-31(33)42-34(39-30-6-4-3-5-29(30)36(42)45)19-25-13-16-41(17-14-25)35(44)22-46-28-10-8-27(37)9-11-28/h3-12,15,18,20,23-25H,13-14,16-17,19,21-22H2,1-2H3. The second kappa shape index (κ2) is 14.2. The third kappa shape index (κ3) is 7.55. The van der Waals surface area contributed by atoms with Crippen molar-refractivity contribution in [2.75, 3.05) is 19.7 Å². The average molecular weight is 654 g/mol. The molecule has 6 rings (SSSR count). The van der Waals surface area contributed by atoms with Gasteiger partial charge in [-0.05, 0) is 87.2 Å². The normalized spacial score (nSPS) is 13.7. The summed E-state index contributed by atoms with van der Waals surface area (Å²) in [7, 11) is 0. The number of Topliss-reactive ketones (excluding diaryl/α,β-unsaturated/α-hetero) is 1. The lowest BCUT2D eigenvalue weighted by Gasteiger charge is -2.32. The fourth-order valence-corrected chi connectivity index (χ4v) is 5.96. The number of carbonyl (C=O) groups excluding carboxylic acids is 2. The Labute approximate surface area is 277 Å². The molecule has 1 amide bonds. The van der Waals surface area contributed by atoms with Crippen molar-refractivity contribution in [2.24, 2.45) is 5.92 Å². The quantitative estimate of drug-likeness (QED) is 0.167. The highest BCUT2D eigenvalue weighted by atomic mass is 35.5. The maximum Gasteiger partial charge on any atom is 0.266 e. The van der Waals surface area contributed by atoms with E-state index in [0.29, 0.717) is 64.0 Å². The summed E-state index contributed by atoms with van der Waals surface area (Å²) in [6, 6.07) is 19.4. The van der Waals surface area contributed by atoms with Gasteiger partial charge in [-0.2, -0.15) is 0 Å². The van der Waals surface area contributed by atoms with Crippen molar-refractivity contribution in [2.45, 2.75) is 45.8 Å². The summed E-state index contributed by atoms with van der Waals surface area (Å²) in [5.74, 6) is 1.63. The lowest BCUT2D eigenvalue weighted by molar-refractivity contribution is -0.134. The highest BCUT2D eigenvalue weighted by Gasteiger charge is 2.26. The van der Waals surface area contributed by atoms with Crippen LogP contribution in [0.2, 0.25) is 5.02 Å². The topological polar surface area (TPSA) is 109 Å². The fraction of sp³-hybridized carbons (Fsp3) is 0.306. The molecule has 3 aromatic carbocycles. The SMILES string of the molecule is CC(C)Oc1ccc(C(=O)Cn2ccnc2)cc1-n1c(CC2CCN(C(=O)COc3ccc(Cl)cc3)CC2)nc2ccccc2c1=O. The molecule has 5 aromatic rings. The van der Waals surface area contributed by atoms with E-state index < -0.39 is 0 Å². The van der Waals surface area contributed by atoms with Crippen LogP contribution < -0.4 is 15.0 Å². The average Bonchev–Trinajstić information content (AvgIpc) is 3.58. The Bertz CT molecular complexity index is 1930. The first-order valence-corrected chi connectivity index (χ1v) is 16.1. The van der Waals surface area contributed by atoms with Gasteiger partial charge in [-0.15, -0.1) is 0 Å². The first-order valence-electron chi connectivity index (χ1n) is 15.7. The lowest BCUT2D eigenvalue weighted by Crippen LogP contribution is -2.41. The van der Waals surface area contributed by atoms with Crippen molar-refractivity contribution < 1.29 is 19.1 Å². The van der Waals surface area contributed by atoms with Crippen molar-refractivity contribution in [3.05, 3.63) is 112 Å². The van der Waals surface area contributed by atoms with Crippen LogP contribution >= 0.6 is 11.6 Å². The van der Waals surface area contributed by atoms with Crippen LogP contribution in [0.3, 0.4) is 0 Å². The first-order chi connectivity index (χ1) is 22.7. The summed E-state index contributed by atoms with van der Waals surface area (Å²) in [6.07, 6.45) is 6.78. The largest absolute Gasteiger partial charge is 0.489 e. The molecule has 3 heterocycles. The number of aromatic nitrogens is 4. The van der Waals surface area contributed by atoms with Crippen LogP contribution in [0.4, 0.5) is 0 Å². The summed E-state index contributed by atoms with van der Waals surface area (Å²) in [4.78, 5) is 51.3. The lowest BCUT2D eigenvalue weighted by atomic mass is 9.93. The van der Waals surface area contributed by atoms with Gasteiger partial charge in [-0.3, -0.25) is 19.0 Å². The molecule has 47 heavy (non-hydrogen) atoms. The Morgan fingerprint density at radius 2 is 1.79 bits per heavy atom. The summed E-state index contributed by atoms with van der Waals surface area (Å²) in [5, 5.41) is 1.08. The molecule has 1 aliphatic rings. The molecular weight excluding hydrogens is 618 g/mol. The van der Waals surface area contributed by atoms with Crippen LogP contribution in [0.5, 0.6) is 11.5 Å². The van der Waals surface area contributed by atoms with Crippen LogP contribution in [0.15, 0.2) is 90.2 Å². The monoisotopic (exact) mass is 653 g/mol. The molecule has 0 unspecified atom stereocenters. The summed E-state index contributed by atoms with van der Waals surface area (Å²) in [5.41, 5.74) is 1.30. The van der Waals surface area contributed by atoms with Crippen molar-refractivity contribution in [1.29, 1.82) is 0 Å². The van der Waals surface area contributed by atoms with Gasteiger partial charge in [0.1, 0.15) is 17.3 Å². The Kier molecular flexibility index (Phi) is 9.68. The van der Waals surface area contributed by atoms with Crippen LogP contribution in [0, 0.1) is 5.92 Å². The van der Waals surface area contributed by atoms with E-state index in [1.165, 1.54) is 0 Å². The minimum Gasteiger partial charge on any atom is -0.489 e. The Hall–Kier alpha value is -4.96. The van der Waals surface area contributed by atoms with E-state index in [0.717, 1.165) is 12.8 Å². The Morgan fingerprint density at radius 1 is 1.02 bits per heavy atom. The number of hydrogen-bond donors (Lipinski definition) is 0. The van der Waals surface area contributed by atoms with Gasteiger partial charge in [-0.25, -0.2) is 9.97 Å². The number of nitrogens with zero attached hydrogens (tertiary/aromatic N) is 5. The second-order valence-electron chi connectivity index (χ2n) is 12.0. The number of amides is 1. The van der Waals surface area contributed by atoms with Crippen molar-refractivity contribution in [3.8, 4) is 17.2 Å². The molecule has 242 valence electrons. The zero-order chi connectivity index (χ0) is 32.9. The smallest absolute Gasteiger partial charge is 0.266 e. The number of rotatable bonds is 11. The number of para-hydroxylation sites is 1. The van der Waals surface area contributed by atoms with Gasteiger partial charge in [0, 0.05) is 42.5 Å². The molecule has 0 saturated carbocycles. The van der Waals surface area contributed by atoms with Crippen LogP contribution in [0.25, 0.3) is 16.6 Å². The number of hydrogen-bond acceptors (Lipinski definition) is 7. The van der Waals surface area contributed by atoms with Crippen LogP contribution in [-0.4, -0.2) is 61.5 Å². The predicted octanol–water partition coefficient (Wildman–Crippen LogP) is 5.77. The molecule has 0 bridgehead atoms. The molecule has 11 heteroatoms. The minimum absolute atomic E-state index is 0.0490. The van der Waals surface area contributed by atoms with Crippen molar-refractivity contribution in [3.63, 3.8) is 0 Å². The Balaban J connectivity index is 1.27. The molecule has 0 N–H and O–H groups in total. The molecule has 1 fully saturated rings. The van der Waals surface area contributed by atoms with Gasteiger partial charge in [0.25, 0.3) is 11.5 Å². The molecule has 0 radical (unpaired) electrons.